The first-order valence-electron chi connectivity index (χ1n) is 3.41. The molecule has 1 aromatic carbocycles. The molecule has 0 amide bonds. The third kappa shape index (κ3) is 2.53. The minimum absolute atomic E-state index is 0.173. The number of nitrogens with zero attached hydrogens (tertiary/aromatic N) is 1. The van der Waals surface area contributed by atoms with E-state index in [1.54, 1.807) is 0 Å². The lowest BCUT2D eigenvalue weighted by Crippen LogP contribution is -1.91. The minimum Gasteiger partial charge on any atom is -0.312 e. The molecule has 0 bridgehead atoms. The summed E-state index contributed by atoms with van der Waals surface area (Å²) in [6.45, 7) is 6.72. The van der Waals surface area contributed by atoms with Gasteiger partial charge in [-0.1, -0.05) is 12.1 Å². The normalized spacial score (nSPS) is 10.8. The van der Waals surface area contributed by atoms with Crippen LogP contribution in [-0.4, -0.2) is 8.42 Å². The van der Waals surface area contributed by atoms with E-state index in [4.69, 9.17) is 6.57 Å². The van der Waals surface area contributed by atoms with Crippen molar-refractivity contribution in [2.24, 2.45) is 0 Å². The van der Waals surface area contributed by atoms with Gasteiger partial charge in [0.1, 0.15) is 0 Å². The van der Waals surface area contributed by atoms with Crippen LogP contribution in [0.1, 0.15) is 5.56 Å². The van der Waals surface area contributed by atoms with Gasteiger partial charge in [0.25, 0.3) is 0 Å². The van der Waals surface area contributed by atoms with Gasteiger partial charge in [0.15, 0.2) is 0 Å². The van der Waals surface area contributed by atoms with Crippen molar-refractivity contribution < 1.29 is 12.3 Å². The molecule has 0 heterocycles. The van der Waals surface area contributed by atoms with Gasteiger partial charge in [0.2, 0.25) is 6.54 Å². The van der Waals surface area contributed by atoms with Gasteiger partial charge in [-0.05, 0) is 12.1 Å². The van der Waals surface area contributed by atoms with Gasteiger partial charge in [0, 0.05) is 5.56 Å². The summed E-state index contributed by atoms with van der Waals surface area (Å²) in [6.07, 6.45) is 0. The molecule has 5 heteroatoms. The standard InChI is InChI=1S/C8H6FNO2S/c1-10-6-7-2-4-8(5-3-7)13(9,11)12/h2-5H,6H2. The van der Waals surface area contributed by atoms with Crippen molar-refractivity contribution in [3.05, 3.63) is 41.2 Å². The first kappa shape index (κ1) is 9.68. The Bertz CT molecular complexity index is 430. The Hall–Kier alpha value is -1.41. The third-order valence-corrected chi connectivity index (χ3v) is 2.30. The summed E-state index contributed by atoms with van der Waals surface area (Å²) in [4.78, 5) is 2.73. The number of halogens is 1. The molecular formula is C8H6FNO2S. The molecule has 0 radical (unpaired) electrons. The van der Waals surface area contributed by atoms with Crippen LogP contribution in [0.25, 0.3) is 4.85 Å². The molecule has 0 aliphatic rings. The minimum atomic E-state index is -4.61. The molecule has 0 saturated carbocycles. The third-order valence-electron chi connectivity index (χ3n) is 1.47. The molecule has 0 atom stereocenters. The SMILES string of the molecule is [C-]#[N+]Cc1ccc(S(=O)(=O)F)cc1. The predicted molar refractivity (Wildman–Crippen MR) is 45.0 cm³/mol. The van der Waals surface area contributed by atoms with Gasteiger partial charge >= 0.3 is 10.2 Å². The summed E-state index contributed by atoms with van der Waals surface area (Å²) in [5.74, 6) is 0. The molecule has 0 saturated heterocycles. The van der Waals surface area contributed by atoms with Crippen LogP contribution < -0.4 is 0 Å². The molecule has 0 spiro atoms. The van der Waals surface area contributed by atoms with Crippen molar-refractivity contribution in [2.75, 3.05) is 0 Å². The highest BCUT2D eigenvalue weighted by Crippen LogP contribution is 2.13. The van der Waals surface area contributed by atoms with E-state index < -0.39 is 10.2 Å². The monoisotopic (exact) mass is 199 g/mol. The van der Waals surface area contributed by atoms with E-state index in [9.17, 15) is 12.3 Å². The van der Waals surface area contributed by atoms with E-state index in [0.29, 0.717) is 5.56 Å². The maximum Gasteiger partial charge on any atom is 0.332 e. The summed E-state index contributed by atoms with van der Waals surface area (Å²) in [5, 5.41) is 0. The summed E-state index contributed by atoms with van der Waals surface area (Å²) in [7, 11) is -4.61. The molecule has 0 unspecified atom stereocenters. The van der Waals surface area contributed by atoms with Crippen LogP contribution in [0.3, 0.4) is 0 Å². The fourth-order valence-electron chi connectivity index (χ4n) is 0.849. The second-order valence-electron chi connectivity index (χ2n) is 2.40. The number of rotatable bonds is 2. The van der Waals surface area contributed by atoms with Crippen molar-refractivity contribution in [2.45, 2.75) is 11.4 Å². The smallest absolute Gasteiger partial charge is 0.312 e. The van der Waals surface area contributed by atoms with Crippen LogP contribution in [0, 0.1) is 6.57 Å². The van der Waals surface area contributed by atoms with Gasteiger partial charge in [-0.15, -0.1) is 3.89 Å². The van der Waals surface area contributed by atoms with Crippen molar-refractivity contribution in [3.63, 3.8) is 0 Å². The van der Waals surface area contributed by atoms with Crippen molar-refractivity contribution >= 4 is 10.2 Å². The van der Waals surface area contributed by atoms with Crippen LogP contribution in [0.4, 0.5) is 3.89 Å². The summed E-state index contributed by atoms with van der Waals surface area (Å²) >= 11 is 0. The quantitative estimate of drug-likeness (QED) is 0.537. The Kier molecular flexibility index (Phi) is 2.63. The Balaban J connectivity index is 3.03. The summed E-state index contributed by atoms with van der Waals surface area (Å²) in [6, 6.07) is 5.14. The molecule has 1 aromatic rings. The lowest BCUT2D eigenvalue weighted by atomic mass is 10.2. The van der Waals surface area contributed by atoms with E-state index in [2.05, 4.69) is 4.85 Å². The number of benzene rings is 1. The zero-order valence-corrected chi connectivity index (χ0v) is 7.38. The van der Waals surface area contributed by atoms with Crippen LogP contribution in [0.15, 0.2) is 29.2 Å². The summed E-state index contributed by atoms with van der Waals surface area (Å²) in [5.41, 5.74) is 0.669. The average Bonchev–Trinajstić information content (AvgIpc) is 2.04. The van der Waals surface area contributed by atoms with E-state index in [1.165, 1.54) is 12.1 Å². The molecule has 13 heavy (non-hydrogen) atoms. The zero-order chi connectivity index (χ0) is 9.90. The summed E-state index contributed by atoms with van der Waals surface area (Å²) < 4.78 is 33.1. The van der Waals surface area contributed by atoms with Gasteiger partial charge in [0.05, 0.1) is 4.90 Å². The van der Waals surface area contributed by atoms with Gasteiger partial charge in [-0.3, -0.25) is 0 Å². The maximum atomic E-state index is 12.4. The highest BCUT2D eigenvalue weighted by Gasteiger charge is 2.10. The van der Waals surface area contributed by atoms with Gasteiger partial charge in [-0.25, -0.2) is 6.57 Å². The fraction of sp³-hybridized carbons (Fsp3) is 0.125. The fourth-order valence-corrected chi connectivity index (χ4v) is 1.31. The van der Waals surface area contributed by atoms with E-state index in [1.807, 2.05) is 0 Å². The highest BCUT2D eigenvalue weighted by atomic mass is 32.3. The maximum absolute atomic E-state index is 12.4. The Morgan fingerprint density at radius 3 is 2.23 bits per heavy atom. The van der Waals surface area contributed by atoms with Crippen LogP contribution in [-0.2, 0) is 16.8 Å². The first-order chi connectivity index (χ1) is 6.04. The first-order valence-corrected chi connectivity index (χ1v) is 4.79. The predicted octanol–water partition coefficient (Wildman–Crippen LogP) is 1.76. The molecular weight excluding hydrogens is 193 g/mol. The molecule has 0 aliphatic heterocycles. The largest absolute Gasteiger partial charge is 0.332 e. The second kappa shape index (κ2) is 3.54. The molecule has 68 valence electrons. The average molecular weight is 199 g/mol. The zero-order valence-electron chi connectivity index (χ0n) is 6.57. The Labute approximate surface area is 75.9 Å². The van der Waals surface area contributed by atoms with E-state index in [0.717, 1.165) is 12.1 Å². The lowest BCUT2D eigenvalue weighted by molar-refractivity contribution is 0.552. The molecule has 1 rings (SSSR count). The highest BCUT2D eigenvalue weighted by molar-refractivity contribution is 7.86. The molecule has 0 N–H and O–H groups in total. The van der Waals surface area contributed by atoms with Crippen LogP contribution in [0.5, 0.6) is 0 Å². The molecule has 0 aliphatic carbocycles. The number of hydrogen-bond acceptors (Lipinski definition) is 2. The second-order valence-corrected chi connectivity index (χ2v) is 3.75. The topological polar surface area (TPSA) is 38.5 Å². The van der Waals surface area contributed by atoms with Crippen molar-refractivity contribution in [3.8, 4) is 0 Å². The molecule has 3 nitrogen and oxygen atoms in total. The number of hydrogen-bond donors (Lipinski definition) is 0. The van der Waals surface area contributed by atoms with Crippen molar-refractivity contribution in [1.82, 2.24) is 0 Å². The van der Waals surface area contributed by atoms with E-state index >= 15 is 0 Å². The van der Waals surface area contributed by atoms with Gasteiger partial charge in [-0.2, -0.15) is 8.42 Å². The Morgan fingerprint density at radius 2 is 1.85 bits per heavy atom. The van der Waals surface area contributed by atoms with Crippen LogP contribution >= 0.6 is 0 Å². The Morgan fingerprint density at radius 1 is 1.31 bits per heavy atom. The molecule has 0 aromatic heterocycles. The lowest BCUT2D eigenvalue weighted by Gasteiger charge is -1.94. The van der Waals surface area contributed by atoms with E-state index in [-0.39, 0.29) is 11.4 Å². The van der Waals surface area contributed by atoms with Gasteiger partial charge < -0.3 is 4.85 Å². The van der Waals surface area contributed by atoms with Crippen molar-refractivity contribution in [1.29, 1.82) is 0 Å². The van der Waals surface area contributed by atoms with Crippen LogP contribution in [0.2, 0.25) is 0 Å². The molecule has 0 fully saturated rings.